The maximum atomic E-state index is 11.8. The molecule has 0 aliphatic heterocycles. The molecule has 0 saturated heterocycles. The predicted molar refractivity (Wildman–Crippen MR) is 132 cm³/mol. The van der Waals surface area contributed by atoms with Crippen LogP contribution in [0.2, 0.25) is 0 Å². The second kappa shape index (κ2) is 24.3. The Bertz CT molecular complexity index is 461. The number of hydrogen-bond acceptors (Lipinski definition) is 5. The molecule has 32 heavy (non-hydrogen) atoms. The third-order valence-corrected chi connectivity index (χ3v) is 5.62. The molecule has 0 aliphatic carbocycles. The van der Waals surface area contributed by atoms with Crippen LogP contribution in [0.1, 0.15) is 129 Å². The van der Waals surface area contributed by atoms with Crippen molar-refractivity contribution in [3.8, 4) is 0 Å². The van der Waals surface area contributed by atoms with Crippen LogP contribution in [0.5, 0.6) is 0 Å². The third-order valence-electron chi connectivity index (χ3n) is 5.62. The molecule has 0 aliphatic rings. The highest BCUT2D eigenvalue weighted by Crippen LogP contribution is 2.13. The first kappa shape index (κ1) is 30.6. The summed E-state index contributed by atoms with van der Waals surface area (Å²) in [5.74, 6) is -0.785. The van der Waals surface area contributed by atoms with Crippen LogP contribution in [-0.4, -0.2) is 36.4 Å². The highest BCUT2D eigenvalue weighted by molar-refractivity contribution is 5.69. The van der Waals surface area contributed by atoms with Gasteiger partial charge in [-0.25, -0.2) is 0 Å². The Kier molecular flexibility index (Phi) is 23.3. The van der Waals surface area contributed by atoms with Gasteiger partial charge in [-0.15, -0.1) is 0 Å². The summed E-state index contributed by atoms with van der Waals surface area (Å²) < 4.78 is 9.88. The van der Waals surface area contributed by atoms with Crippen LogP contribution in [0.15, 0.2) is 12.2 Å². The minimum atomic E-state index is -0.762. The highest BCUT2D eigenvalue weighted by atomic mass is 16.6. The molecule has 0 radical (unpaired) electrons. The van der Waals surface area contributed by atoms with E-state index in [0.29, 0.717) is 6.42 Å². The molecule has 0 fully saturated rings. The van der Waals surface area contributed by atoms with Crippen molar-refractivity contribution in [3.05, 3.63) is 12.2 Å². The van der Waals surface area contributed by atoms with E-state index in [4.69, 9.17) is 14.6 Å². The normalized spacial score (nSPS) is 12.2. The van der Waals surface area contributed by atoms with Crippen LogP contribution in [0.25, 0.3) is 0 Å². The fraction of sp³-hybridized carbons (Fsp3) is 0.852. The van der Waals surface area contributed by atoms with E-state index in [-0.39, 0.29) is 19.2 Å². The Balaban J connectivity index is 3.34. The molecule has 0 spiro atoms. The van der Waals surface area contributed by atoms with Gasteiger partial charge >= 0.3 is 11.9 Å². The minimum Gasteiger partial charge on any atom is -0.462 e. The van der Waals surface area contributed by atoms with E-state index in [1.165, 1.54) is 96.8 Å². The largest absolute Gasteiger partial charge is 0.462 e. The maximum Gasteiger partial charge on any atom is 0.306 e. The molecule has 5 heteroatoms. The first-order chi connectivity index (χ1) is 15.6. The number of carbonyl (C=O) groups is 2. The second-order valence-corrected chi connectivity index (χ2v) is 8.85. The summed E-state index contributed by atoms with van der Waals surface area (Å²) in [7, 11) is 0. The van der Waals surface area contributed by atoms with Crippen molar-refractivity contribution in [2.75, 3.05) is 13.2 Å². The van der Waals surface area contributed by atoms with E-state index in [9.17, 15) is 9.59 Å². The molecule has 0 aromatic carbocycles. The summed E-state index contributed by atoms with van der Waals surface area (Å²) in [5, 5.41) is 9.15. The van der Waals surface area contributed by atoms with Crippen LogP contribution in [0, 0.1) is 0 Å². The van der Waals surface area contributed by atoms with Crippen LogP contribution in [0.4, 0.5) is 0 Å². The number of aliphatic hydroxyl groups is 1. The van der Waals surface area contributed by atoms with Crippen LogP contribution >= 0.6 is 0 Å². The topological polar surface area (TPSA) is 72.8 Å². The van der Waals surface area contributed by atoms with Gasteiger partial charge in [-0.2, -0.15) is 0 Å². The zero-order chi connectivity index (χ0) is 23.7. The highest BCUT2D eigenvalue weighted by Gasteiger charge is 2.14. The van der Waals surface area contributed by atoms with Gasteiger partial charge in [0, 0.05) is 13.3 Å². The number of aliphatic hydroxyl groups excluding tert-OH is 1. The molecular weight excluding hydrogens is 404 g/mol. The molecule has 0 saturated carbocycles. The smallest absolute Gasteiger partial charge is 0.306 e. The summed E-state index contributed by atoms with van der Waals surface area (Å²) in [5.41, 5.74) is 0. The molecule has 1 unspecified atom stereocenters. The number of rotatable bonds is 23. The monoisotopic (exact) mass is 454 g/mol. The summed E-state index contributed by atoms with van der Waals surface area (Å²) in [6.45, 7) is 3.12. The van der Waals surface area contributed by atoms with Gasteiger partial charge in [-0.05, 0) is 32.1 Å². The lowest BCUT2D eigenvalue weighted by Crippen LogP contribution is -2.28. The van der Waals surface area contributed by atoms with E-state index in [1.807, 2.05) is 0 Å². The summed E-state index contributed by atoms with van der Waals surface area (Å²) in [6.07, 6.45) is 25.8. The summed E-state index contributed by atoms with van der Waals surface area (Å²) in [4.78, 5) is 22.5. The lowest BCUT2D eigenvalue weighted by molar-refractivity contribution is -0.160. The Morgan fingerprint density at radius 1 is 0.750 bits per heavy atom. The molecule has 0 rings (SSSR count). The van der Waals surface area contributed by atoms with E-state index < -0.39 is 12.1 Å². The Labute approximate surface area is 197 Å². The lowest BCUT2D eigenvalue weighted by Gasteiger charge is -2.15. The zero-order valence-electron chi connectivity index (χ0n) is 21.0. The predicted octanol–water partition coefficient (Wildman–Crippen LogP) is 7.05. The minimum absolute atomic E-state index is 0.0902. The van der Waals surface area contributed by atoms with Crippen molar-refractivity contribution in [1.82, 2.24) is 0 Å². The van der Waals surface area contributed by atoms with Crippen LogP contribution in [-0.2, 0) is 19.1 Å². The van der Waals surface area contributed by atoms with E-state index in [1.54, 1.807) is 0 Å². The fourth-order valence-corrected chi connectivity index (χ4v) is 3.63. The van der Waals surface area contributed by atoms with Gasteiger partial charge in [0.05, 0.1) is 6.61 Å². The van der Waals surface area contributed by atoms with Gasteiger partial charge in [0.15, 0.2) is 6.10 Å². The number of esters is 2. The van der Waals surface area contributed by atoms with Crippen molar-refractivity contribution < 1.29 is 24.2 Å². The number of ether oxygens (including phenoxy) is 2. The van der Waals surface area contributed by atoms with Gasteiger partial charge < -0.3 is 14.6 Å². The average Bonchev–Trinajstić information content (AvgIpc) is 2.78. The molecule has 1 N–H and O–H groups in total. The quantitative estimate of drug-likeness (QED) is 0.102. The molecule has 1 atom stereocenters. The molecule has 0 aromatic heterocycles. The molecule has 0 aromatic rings. The van der Waals surface area contributed by atoms with Crippen LogP contribution < -0.4 is 0 Å². The Hall–Kier alpha value is -1.36. The number of carbonyl (C=O) groups excluding carboxylic acids is 2. The van der Waals surface area contributed by atoms with Crippen molar-refractivity contribution >= 4 is 11.9 Å². The molecule has 188 valence electrons. The Morgan fingerprint density at radius 3 is 1.69 bits per heavy atom. The first-order valence-electron chi connectivity index (χ1n) is 13.2. The van der Waals surface area contributed by atoms with Crippen molar-refractivity contribution in [3.63, 3.8) is 0 Å². The van der Waals surface area contributed by atoms with Gasteiger partial charge in [-0.3, -0.25) is 9.59 Å². The molecule has 5 nitrogen and oxygen atoms in total. The van der Waals surface area contributed by atoms with Crippen molar-refractivity contribution in [2.24, 2.45) is 0 Å². The third kappa shape index (κ3) is 23.3. The number of unbranched alkanes of at least 4 members (excludes halogenated alkanes) is 15. The summed E-state index contributed by atoms with van der Waals surface area (Å²) >= 11 is 0. The van der Waals surface area contributed by atoms with Gasteiger partial charge in [0.25, 0.3) is 0 Å². The number of hydrogen-bond donors (Lipinski definition) is 1. The second-order valence-electron chi connectivity index (χ2n) is 8.85. The van der Waals surface area contributed by atoms with Gasteiger partial charge in [0.2, 0.25) is 0 Å². The number of allylic oxidation sites excluding steroid dienone is 2. The zero-order valence-corrected chi connectivity index (χ0v) is 21.0. The SMILES string of the molecule is CCCCCCCC/C=C\CCCCCCCCCCCC(=O)OC(CO)COC(C)=O. The first-order valence-corrected chi connectivity index (χ1v) is 13.2. The fourth-order valence-electron chi connectivity index (χ4n) is 3.63. The maximum absolute atomic E-state index is 11.8. The molecule has 0 bridgehead atoms. The van der Waals surface area contributed by atoms with Crippen molar-refractivity contribution in [1.29, 1.82) is 0 Å². The van der Waals surface area contributed by atoms with E-state index in [0.717, 1.165) is 19.3 Å². The van der Waals surface area contributed by atoms with E-state index in [2.05, 4.69) is 19.1 Å². The van der Waals surface area contributed by atoms with E-state index >= 15 is 0 Å². The summed E-state index contributed by atoms with van der Waals surface area (Å²) in [6, 6.07) is 0. The average molecular weight is 455 g/mol. The Morgan fingerprint density at radius 2 is 1.22 bits per heavy atom. The standard InChI is InChI=1S/C27H50O5/c1-3-4-5-6-7-8-9-10-11-12-13-14-15-16-17-18-19-20-21-22-27(30)32-26(23-28)24-31-25(2)29/h10-11,26,28H,3-9,12-24H2,1-2H3/b11-10-. The van der Waals surface area contributed by atoms with Crippen LogP contribution in [0.3, 0.4) is 0 Å². The van der Waals surface area contributed by atoms with Gasteiger partial charge in [0.1, 0.15) is 6.61 Å². The molecule has 0 amide bonds. The lowest BCUT2D eigenvalue weighted by atomic mass is 10.1. The van der Waals surface area contributed by atoms with Crippen molar-refractivity contribution in [2.45, 2.75) is 136 Å². The molecule has 0 heterocycles. The molecular formula is C27H50O5. The van der Waals surface area contributed by atoms with Gasteiger partial charge in [-0.1, -0.05) is 96.1 Å².